The minimum absolute atomic E-state index is 0.0568. The molecule has 1 aliphatic heterocycles. The van der Waals surface area contributed by atoms with Gasteiger partial charge in [-0.1, -0.05) is 30.3 Å². The highest BCUT2D eigenvalue weighted by Crippen LogP contribution is 2.28. The summed E-state index contributed by atoms with van der Waals surface area (Å²) in [6, 6.07) is 20.5. The molecule has 5 nitrogen and oxygen atoms in total. The van der Waals surface area contributed by atoms with Crippen LogP contribution in [0.3, 0.4) is 0 Å². The largest absolute Gasteiger partial charge is 0.492 e. The third kappa shape index (κ3) is 7.34. The van der Waals surface area contributed by atoms with Gasteiger partial charge in [0.05, 0.1) is 5.56 Å². The predicted octanol–water partition coefficient (Wildman–Crippen LogP) is 5.46. The lowest BCUT2D eigenvalue weighted by atomic mass is 10.1. The standard InChI is InChI=1S/C27H32N2O3S2/c1-29(22-11-14-31-15-12-22)13-16-32-23-7-4-6-21(18-23)19-28-27(30)25-9-2-3-10-26(25)34-20-24-8-5-17-33-24/h2-10,17-18,22H,11-16,19-20H2,1H3,(H,28,30). The van der Waals surface area contributed by atoms with Crippen LogP contribution in [0.25, 0.3) is 0 Å². The number of nitrogens with one attached hydrogen (secondary N) is 1. The molecule has 0 atom stereocenters. The third-order valence-electron chi connectivity index (χ3n) is 5.96. The van der Waals surface area contributed by atoms with Gasteiger partial charge in [-0.15, -0.1) is 23.1 Å². The molecule has 1 fully saturated rings. The second kappa shape index (κ2) is 13.0. The van der Waals surface area contributed by atoms with Crippen LogP contribution in [0.1, 0.15) is 33.6 Å². The van der Waals surface area contributed by atoms with Crippen LogP contribution in [0.15, 0.2) is 70.9 Å². The summed E-state index contributed by atoms with van der Waals surface area (Å²) in [5.74, 6) is 1.64. The Morgan fingerprint density at radius 2 is 2.00 bits per heavy atom. The summed E-state index contributed by atoms with van der Waals surface area (Å²) < 4.78 is 11.4. The molecule has 0 saturated carbocycles. The number of nitrogens with zero attached hydrogens (tertiary/aromatic N) is 1. The summed E-state index contributed by atoms with van der Waals surface area (Å²) in [7, 11) is 2.15. The fourth-order valence-corrected chi connectivity index (χ4v) is 5.79. The molecule has 2 heterocycles. The van der Waals surface area contributed by atoms with E-state index in [1.54, 1.807) is 23.1 Å². The van der Waals surface area contributed by atoms with E-state index in [9.17, 15) is 4.79 Å². The van der Waals surface area contributed by atoms with Gasteiger partial charge in [0.15, 0.2) is 0 Å². The number of thioether (sulfide) groups is 1. The van der Waals surface area contributed by atoms with E-state index in [2.05, 4.69) is 34.8 Å². The Balaban J connectivity index is 1.26. The van der Waals surface area contributed by atoms with Crippen LogP contribution < -0.4 is 10.1 Å². The van der Waals surface area contributed by atoms with Crippen molar-refractivity contribution in [1.29, 1.82) is 0 Å². The van der Waals surface area contributed by atoms with E-state index in [0.717, 1.165) is 54.6 Å². The molecule has 2 aromatic carbocycles. The molecule has 1 amide bonds. The van der Waals surface area contributed by atoms with Crippen molar-refractivity contribution in [2.75, 3.05) is 33.4 Å². The number of amides is 1. The number of likely N-dealkylation sites (N-methyl/N-ethyl adjacent to an activating group) is 1. The lowest BCUT2D eigenvalue weighted by molar-refractivity contribution is 0.0392. The van der Waals surface area contributed by atoms with Crippen molar-refractivity contribution in [2.45, 2.75) is 36.1 Å². The highest BCUT2D eigenvalue weighted by atomic mass is 32.2. The fraction of sp³-hybridized carbons (Fsp3) is 0.370. The van der Waals surface area contributed by atoms with E-state index >= 15 is 0 Å². The molecular formula is C27H32N2O3S2. The second-order valence-corrected chi connectivity index (χ2v) is 10.4. The number of benzene rings is 2. The summed E-state index contributed by atoms with van der Waals surface area (Å²) in [4.78, 5) is 17.6. The van der Waals surface area contributed by atoms with Gasteiger partial charge < -0.3 is 14.8 Å². The van der Waals surface area contributed by atoms with Crippen LogP contribution in [0.2, 0.25) is 0 Å². The molecular weight excluding hydrogens is 464 g/mol. The Bertz CT molecular complexity index is 1040. The highest BCUT2D eigenvalue weighted by molar-refractivity contribution is 7.98. The molecule has 0 aliphatic carbocycles. The first kappa shape index (κ1) is 24.8. The topological polar surface area (TPSA) is 50.8 Å². The van der Waals surface area contributed by atoms with E-state index in [0.29, 0.717) is 24.8 Å². The average molecular weight is 497 g/mol. The molecule has 7 heteroatoms. The quantitative estimate of drug-likeness (QED) is 0.357. The number of hydrogen-bond acceptors (Lipinski definition) is 6. The zero-order chi connectivity index (χ0) is 23.6. The van der Waals surface area contributed by atoms with Gasteiger partial charge in [-0.3, -0.25) is 9.69 Å². The normalized spacial score (nSPS) is 14.3. The molecule has 1 aromatic heterocycles. The minimum Gasteiger partial charge on any atom is -0.492 e. The van der Waals surface area contributed by atoms with E-state index in [4.69, 9.17) is 9.47 Å². The molecule has 3 aromatic rings. The fourth-order valence-electron chi connectivity index (χ4n) is 3.96. The van der Waals surface area contributed by atoms with Crippen molar-refractivity contribution >= 4 is 29.0 Å². The Morgan fingerprint density at radius 3 is 2.82 bits per heavy atom. The zero-order valence-electron chi connectivity index (χ0n) is 19.6. The van der Waals surface area contributed by atoms with E-state index < -0.39 is 0 Å². The maximum atomic E-state index is 12.9. The van der Waals surface area contributed by atoms with Crippen molar-refractivity contribution in [3.63, 3.8) is 0 Å². The Morgan fingerprint density at radius 1 is 1.15 bits per heavy atom. The Labute approximate surface area is 210 Å². The molecule has 1 aliphatic rings. The second-order valence-electron chi connectivity index (χ2n) is 8.37. The number of carbonyl (C=O) groups is 1. The van der Waals surface area contributed by atoms with E-state index in [-0.39, 0.29) is 5.91 Å². The molecule has 34 heavy (non-hydrogen) atoms. The molecule has 1 N–H and O–H groups in total. The van der Waals surface area contributed by atoms with Gasteiger partial charge in [-0.05, 0) is 61.2 Å². The number of thiophene rings is 1. The molecule has 0 spiro atoms. The zero-order valence-corrected chi connectivity index (χ0v) is 21.2. The smallest absolute Gasteiger partial charge is 0.252 e. The van der Waals surface area contributed by atoms with Crippen LogP contribution in [0.4, 0.5) is 0 Å². The van der Waals surface area contributed by atoms with Crippen LogP contribution in [0, 0.1) is 0 Å². The summed E-state index contributed by atoms with van der Waals surface area (Å²) in [6.07, 6.45) is 2.17. The van der Waals surface area contributed by atoms with Crippen molar-refractivity contribution in [1.82, 2.24) is 10.2 Å². The van der Waals surface area contributed by atoms with Gasteiger partial charge in [0, 0.05) is 47.9 Å². The lowest BCUT2D eigenvalue weighted by Gasteiger charge is -2.31. The molecule has 0 unspecified atom stereocenters. The highest BCUT2D eigenvalue weighted by Gasteiger charge is 2.18. The van der Waals surface area contributed by atoms with Crippen LogP contribution in [-0.2, 0) is 17.0 Å². The summed E-state index contributed by atoms with van der Waals surface area (Å²) >= 11 is 3.44. The maximum Gasteiger partial charge on any atom is 0.252 e. The monoisotopic (exact) mass is 496 g/mol. The number of rotatable bonds is 11. The predicted molar refractivity (Wildman–Crippen MR) is 140 cm³/mol. The first-order chi connectivity index (χ1) is 16.7. The lowest BCUT2D eigenvalue weighted by Crippen LogP contribution is -2.38. The molecule has 180 valence electrons. The maximum absolute atomic E-state index is 12.9. The van der Waals surface area contributed by atoms with Gasteiger partial charge >= 0.3 is 0 Å². The first-order valence-electron chi connectivity index (χ1n) is 11.7. The summed E-state index contributed by atoms with van der Waals surface area (Å²) in [5, 5.41) is 5.15. The SMILES string of the molecule is CN(CCOc1cccc(CNC(=O)c2ccccc2SCc2cccs2)c1)C1CCOCC1. The van der Waals surface area contributed by atoms with Crippen LogP contribution in [-0.4, -0.2) is 50.3 Å². The molecule has 1 saturated heterocycles. The van der Waals surface area contributed by atoms with Gasteiger partial charge in [-0.25, -0.2) is 0 Å². The Hall–Kier alpha value is -2.32. The van der Waals surface area contributed by atoms with Crippen molar-refractivity contribution < 1.29 is 14.3 Å². The summed E-state index contributed by atoms with van der Waals surface area (Å²) in [5.41, 5.74) is 1.74. The number of hydrogen-bond donors (Lipinski definition) is 1. The van der Waals surface area contributed by atoms with Gasteiger partial charge in [0.25, 0.3) is 5.91 Å². The van der Waals surface area contributed by atoms with Crippen molar-refractivity contribution in [3.8, 4) is 5.75 Å². The number of ether oxygens (including phenoxy) is 2. The first-order valence-corrected chi connectivity index (χ1v) is 13.6. The van der Waals surface area contributed by atoms with Crippen molar-refractivity contribution in [3.05, 3.63) is 82.0 Å². The Kier molecular flexibility index (Phi) is 9.44. The van der Waals surface area contributed by atoms with E-state index in [1.165, 1.54) is 4.88 Å². The molecule has 0 bridgehead atoms. The summed E-state index contributed by atoms with van der Waals surface area (Å²) in [6.45, 7) is 3.68. The van der Waals surface area contributed by atoms with E-state index in [1.807, 2.05) is 48.5 Å². The van der Waals surface area contributed by atoms with Crippen LogP contribution >= 0.6 is 23.1 Å². The third-order valence-corrected chi connectivity index (χ3v) is 8.14. The van der Waals surface area contributed by atoms with Gasteiger partial charge in [0.2, 0.25) is 0 Å². The van der Waals surface area contributed by atoms with Gasteiger partial charge in [0.1, 0.15) is 12.4 Å². The molecule has 0 radical (unpaired) electrons. The average Bonchev–Trinajstić information content (AvgIpc) is 3.41. The number of carbonyl (C=O) groups excluding carboxylic acids is 1. The molecule has 4 rings (SSSR count). The van der Waals surface area contributed by atoms with Crippen molar-refractivity contribution in [2.24, 2.45) is 0 Å². The minimum atomic E-state index is -0.0568. The van der Waals surface area contributed by atoms with Crippen LogP contribution in [0.5, 0.6) is 5.75 Å². The van der Waals surface area contributed by atoms with Gasteiger partial charge in [-0.2, -0.15) is 0 Å².